The molecule has 0 spiro atoms. The van der Waals surface area contributed by atoms with E-state index in [1.165, 1.54) is 19.2 Å². The molecule has 15 heavy (non-hydrogen) atoms. The summed E-state index contributed by atoms with van der Waals surface area (Å²) in [5.41, 5.74) is 0.708. The highest BCUT2D eigenvalue weighted by molar-refractivity contribution is 7.86. The quantitative estimate of drug-likeness (QED) is 0.587. The lowest BCUT2D eigenvalue weighted by atomic mass is 10.2. The van der Waals surface area contributed by atoms with Gasteiger partial charge in [0.1, 0.15) is 10.6 Å². The second kappa shape index (κ2) is 4.59. The van der Waals surface area contributed by atoms with Crippen LogP contribution in [-0.4, -0.2) is 22.3 Å². The summed E-state index contributed by atoms with van der Waals surface area (Å²) in [5.74, 6) is 0.288. The van der Waals surface area contributed by atoms with Gasteiger partial charge < -0.3 is 9.47 Å². The van der Waals surface area contributed by atoms with Gasteiger partial charge in [0.05, 0.1) is 0 Å². The van der Waals surface area contributed by atoms with Crippen molar-refractivity contribution in [2.24, 2.45) is 0 Å². The molecule has 6 heteroatoms. The van der Waals surface area contributed by atoms with Gasteiger partial charge in [-0.25, -0.2) is 0 Å². The van der Waals surface area contributed by atoms with Crippen molar-refractivity contribution >= 4 is 10.2 Å². The lowest BCUT2D eigenvalue weighted by molar-refractivity contribution is 0.0504. The smallest absolute Gasteiger partial charge is 0.332 e. The van der Waals surface area contributed by atoms with Gasteiger partial charge in [-0.3, -0.25) is 0 Å². The molecule has 0 heterocycles. The van der Waals surface area contributed by atoms with Crippen molar-refractivity contribution in [3.63, 3.8) is 0 Å². The molecular weight excluding hydrogens is 223 g/mol. The first-order valence-electron chi connectivity index (χ1n) is 4.12. The fraction of sp³-hybridized carbons (Fsp3) is 0.333. The zero-order valence-corrected chi connectivity index (χ0v) is 9.17. The van der Waals surface area contributed by atoms with Crippen LogP contribution in [0.1, 0.15) is 5.56 Å². The monoisotopic (exact) mass is 234 g/mol. The SMILES string of the molecule is COCOc1cc(S(=O)(=O)F)ccc1C. The van der Waals surface area contributed by atoms with Crippen LogP contribution in [0.3, 0.4) is 0 Å². The van der Waals surface area contributed by atoms with Crippen LogP contribution in [-0.2, 0) is 15.0 Å². The maximum Gasteiger partial charge on any atom is 0.332 e. The van der Waals surface area contributed by atoms with E-state index in [1.807, 2.05) is 0 Å². The van der Waals surface area contributed by atoms with Gasteiger partial charge in [0.2, 0.25) is 0 Å². The normalized spacial score (nSPS) is 11.4. The summed E-state index contributed by atoms with van der Waals surface area (Å²) in [4.78, 5) is -0.417. The first-order valence-corrected chi connectivity index (χ1v) is 5.50. The van der Waals surface area contributed by atoms with E-state index in [-0.39, 0.29) is 12.5 Å². The second-order valence-corrected chi connectivity index (χ2v) is 4.26. The largest absolute Gasteiger partial charge is 0.467 e. The maximum absolute atomic E-state index is 12.6. The number of ether oxygens (including phenoxy) is 2. The Balaban J connectivity index is 3.06. The molecule has 0 fully saturated rings. The molecule has 0 saturated carbocycles. The molecule has 4 nitrogen and oxygen atoms in total. The van der Waals surface area contributed by atoms with Gasteiger partial charge in [-0.2, -0.15) is 8.42 Å². The van der Waals surface area contributed by atoms with E-state index >= 15 is 0 Å². The Morgan fingerprint density at radius 3 is 2.60 bits per heavy atom. The Bertz CT molecular complexity index is 441. The van der Waals surface area contributed by atoms with Gasteiger partial charge in [0.15, 0.2) is 6.79 Å². The van der Waals surface area contributed by atoms with Crippen LogP contribution < -0.4 is 4.74 Å². The van der Waals surface area contributed by atoms with Gasteiger partial charge in [-0.1, -0.05) is 6.07 Å². The van der Waals surface area contributed by atoms with Crippen molar-refractivity contribution in [1.29, 1.82) is 0 Å². The molecular formula is C9H11FO4S. The predicted molar refractivity (Wildman–Crippen MR) is 52.0 cm³/mol. The van der Waals surface area contributed by atoms with Gasteiger partial charge in [0.25, 0.3) is 0 Å². The Morgan fingerprint density at radius 2 is 2.07 bits per heavy atom. The predicted octanol–water partition coefficient (Wildman–Crippen LogP) is 1.64. The molecule has 0 unspecified atom stereocenters. The highest BCUT2D eigenvalue weighted by Crippen LogP contribution is 2.23. The highest BCUT2D eigenvalue weighted by atomic mass is 32.3. The van der Waals surface area contributed by atoms with Crippen LogP contribution in [0.2, 0.25) is 0 Å². The van der Waals surface area contributed by atoms with E-state index in [1.54, 1.807) is 6.92 Å². The molecule has 0 aliphatic carbocycles. The van der Waals surface area contributed by atoms with E-state index in [9.17, 15) is 12.3 Å². The number of hydrogen-bond acceptors (Lipinski definition) is 4. The third-order valence-corrected chi connectivity index (χ3v) is 2.59. The van der Waals surface area contributed by atoms with Crippen LogP contribution in [0.25, 0.3) is 0 Å². The van der Waals surface area contributed by atoms with Crippen LogP contribution in [0, 0.1) is 6.92 Å². The van der Waals surface area contributed by atoms with Gasteiger partial charge in [-0.05, 0) is 18.6 Å². The number of aryl methyl sites for hydroxylation is 1. The Morgan fingerprint density at radius 1 is 1.40 bits per heavy atom. The average molecular weight is 234 g/mol. The number of benzene rings is 1. The molecule has 1 aromatic rings. The van der Waals surface area contributed by atoms with E-state index < -0.39 is 15.1 Å². The summed E-state index contributed by atoms with van der Waals surface area (Å²) in [5, 5.41) is 0. The van der Waals surface area contributed by atoms with Crippen LogP contribution >= 0.6 is 0 Å². The van der Waals surface area contributed by atoms with E-state index in [0.717, 1.165) is 6.07 Å². The van der Waals surface area contributed by atoms with E-state index in [0.29, 0.717) is 5.56 Å². The van der Waals surface area contributed by atoms with E-state index in [4.69, 9.17) is 4.74 Å². The first kappa shape index (κ1) is 11.9. The number of methoxy groups -OCH3 is 1. The van der Waals surface area contributed by atoms with Crippen molar-refractivity contribution in [2.45, 2.75) is 11.8 Å². The zero-order chi connectivity index (χ0) is 11.5. The summed E-state index contributed by atoms with van der Waals surface area (Å²) in [6.07, 6.45) is 0. The fourth-order valence-electron chi connectivity index (χ4n) is 1.01. The molecule has 0 aromatic heterocycles. The molecule has 0 aliphatic rings. The van der Waals surface area contributed by atoms with E-state index in [2.05, 4.69) is 4.74 Å². The van der Waals surface area contributed by atoms with Crippen molar-refractivity contribution < 1.29 is 21.8 Å². The number of halogens is 1. The molecule has 84 valence electrons. The average Bonchev–Trinajstić information content (AvgIpc) is 2.15. The van der Waals surface area contributed by atoms with Crippen molar-refractivity contribution in [1.82, 2.24) is 0 Å². The summed E-state index contributed by atoms with van der Waals surface area (Å²) in [7, 11) is -3.25. The molecule has 0 bridgehead atoms. The standard InChI is InChI=1S/C9H11FO4S/c1-7-3-4-8(15(10,11)12)5-9(7)14-6-13-2/h3-5H,6H2,1-2H3. The molecule has 0 atom stereocenters. The second-order valence-electron chi connectivity index (χ2n) is 2.92. The third-order valence-electron chi connectivity index (χ3n) is 1.77. The van der Waals surface area contributed by atoms with Crippen molar-refractivity contribution in [2.75, 3.05) is 13.9 Å². The number of hydrogen-bond donors (Lipinski definition) is 0. The molecule has 0 radical (unpaired) electrons. The highest BCUT2D eigenvalue weighted by Gasteiger charge is 2.13. The molecule has 0 saturated heterocycles. The van der Waals surface area contributed by atoms with Crippen molar-refractivity contribution in [3.05, 3.63) is 23.8 Å². The number of rotatable bonds is 4. The fourth-order valence-corrected chi connectivity index (χ4v) is 1.49. The maximum atomic E-state index is 12.6. The Kier molecular flexibility index (Phi) is 3.65. The minimum Gasteiger partial charge on any atom is -0.467 e. The molecule has 1 rings (SSSR count). The lowest BCUT2D eigenvalue weighted by Crippen LogP contribution is -2.01. The lowest BCUT2D eigenvalue weighted by Gasteiger charge is -2.08. The van der Waals surface area contributed by atoms with Crippen molar-refractivity contribution in [3.8, 4) is 5.75 Å². The van der Waals surface area contributed by atoms with Gasteiger partial charge >= 0.3 is 10.2 Å². The Hall–Kier alpha value is -1.14. The molecule has 0 aliphatic heterocycles. The third kappa shape index (κ3) is 3.17. The summed E-state index contributed by atoms with van der Waals surface area (Å²) in [6, 6.07) is 3.78. The summed E-state index contributed by atoms with van der Waals surface area (Å²) >= 11 is 0. The zero-order valence-electron chi connectivity index (χ0n) is 8.36. The van der Waals surface area contributed by atoms with Gasteiger partial charge in [0, 0.05) is 13.2 Å². The summed E-state index contributed by atoms with van der Waals surface area (Å²) in [6.45, 7) is 1.70. The van der Waals surface area contributed by atoms with Crippen LogP contribution in [0.5, 0.6) is 5.75 Å². The molecule has 1 aromatic carbocycles. The van der Waals surface area contributed by atoms with Crippen LogP contribution in [0.15, 0.2) is 23.1 Å². The minimum atomic E-state index is -4.69. The topological polar surface area (TPSA) is 52.6 Å². The van der Waals surface area contributed by atoms with Gasteiger partial charge in [-0.15, -0.1) is 3.89 Å². The molecule has 0 amide bonds. The summed E-state index contributed by atoms with van der Waals surface area (Å²) < 4.78 is 43.6. The first-order chi connectivity index (χ1) is 6.95. The van der Waals surface area contributed by atoms with Crippen LogP contribution in [0.4, 0.5) is 3.89 Å². The Labute approximate surface area is 87.8 Å². The minimum absolute atomic E-state index is 0.0172. The molecule has 0 N–H and O–H groups in total.